The van der Waals surface area contributed by atoms with E-state index in [0.717, 1.165) is 5.56 Å². The van der Waals surface area contributed by atoms with Crippen LogP contribution in [0.25, 0.3) is 0 Å². The highest BCUT2D eigenvalue weighted by Gasteiger charge is 2.31. The SMILES string of the molecule is CC(C)COCCOC(=O)C(C)(C)c1ccc(N)cc1. The quantitative estimate of drug-likeness (QED) is 0.473. The van der Waals surface area contributed by atoms with Crippen LogP contribution in [0.1, 0.15) is 33.3 Å². The van der Waals surface area contributed by atoms with Gasteiger partial charge in [0.1, 0.15) is 6.61 Å². The molecule has 0 aliphatic rings. The number of carbonyl (C=O) groups excluding carboxylic acids is 1. The van der Waals surface area contributed by atoms with E-state index in [1.807, 2.05) is 26.0 Å². The molecule has 1 rings (SSSR count). The molecule has 20 heavy (non-hydrogen) atoms. The molecule has 0 unspecified atom stereocenters. The first-order valence-corrected chi connectivity index (χ1v) is 6.95. The summed E-state index contributed by atoms with van der Waals surface area (Å²) in [4.78, 5) is 12.1. The summed E-state index contributed by atoms with van der Waals surface area (Å²) in [6.45, 7) is 9.24. The first-order valence-electron chi connectivity index (χ1n) is 6.95. The highest BCUT2D eigenvalue weighted by Crippen LogP contribution is 2.25. The van der Waals surface area contributed by atoms with E-state index >= 15 is 0 Å². The minimum Gasteiger partial charge on any atom is -0.463 e. The Balaban J connectivity index is 2.46. The second kappa shape index (κ2) is 7.29. The summed E-state index contributed by atoms with van der Waals surface area (Å²) < 4.78 is 10.7. The van der Waals surface area contributed by atoms with Crippen LogP contribution in [0.15, 0.2) is 24.3 Å². The highest BCUT2D eigenvalue weighted by atomic mass is 16.6. The maximum absolute atomic E-state index is 12.1. The predicted molar refractivity (Wildman–Crippen MR) is 80.5 cm³/mol. The maximum atomic E-state index is 12.1. The molecule has 4 nitrogen and oxygen atoms in total. The molecule has 1 aromatic rings. The molecule has 0 saturated heterocycles. The molecule has 0 heterocycles. The molecule has 2 N–H and O–H groups in total. The molecule has 4 heteroatoms. The lowest BCUT2D eigenvalue weighted by atomic mass is 9.85. The van der Waals surface area contributed by atoms with Gasteiger partial charge in [0.05, 0.1) is 12.0 Å². The molecular weight excluding hydrogens is 254 g/mol. The van der Waals surface area contributed by atoms with Crippen molar-refractivity contribution in [2.24, 2.45) is 5.92 Å². The van der Waals surface area contributed by atoms with Crippen molar-refractivity contribution < 1.29 is 14.3 Å². The smallest absolute Gasteiger partial charge is 0.316 e. The van der Waals surface area contributed by atoms with Crippen LogP contribution in [0, 0.1) is 5.92 Å². The molecule has 0 bridgehead atoms. The number of nitrogen functional groups attached to an aromatic ring is 1. The van der Waals surface area contributed by atoms with Crippen LogP contribution in [0.3, 0.4) is 0 Å². The lowest BCUT2D eigenvalue weighted by molar-refractivity contribution is -0.151. The largest absolute Gasteiger partial charge is 0.463 e. The van der Waals surface area contributed by atoms with E-state index in [4.69, 9.17) is 15.2 Å². The second-order valence-corrected chi connectivity index (χ2v) is 5.85. The minimum atomic E-state index is -0.689. The van der Waals surface area contributed by atoms with Gasteiger partial charge in [-0.05, 0) is 37.5 Å². The zero-order valence-corrected chi connectivity index (χ0v) is 12.8. The lowest BCUT2D eigenvalue weighted by Gasteiger charge is -2.23. The molecule has 0 aliphatic heterocycles. The number of hydrogen-bond donors (Lipinski definition) is 1. The van der Waals surface area contributed by atoms with Crippen LogP contribution in [-0.4, -0.2) is 25.8 Å². The Morgan fingerprint density at radius 1 is 1.20 bits per heavy atom. The topological polar surface area (TPSA) is 61.5 Å². The van der Waals surface area contributed by atoms with Crippen LogP contribution < -0.4 is 5.73 Å². The summed E-state index contributed by atoms with van der Waals surface area (Å²) in [7, 11) is 0. The van der Waals surface area contributed by atoms with Crippen LogP contribution in [-0.2, 0) is 19.7 Å². The van der Waals surface area contributed by atoms with Crippen LogP contribution in [0.2, 0.25) is 0 Å². The summed E-state index contributed by atoms with van der Waals surface area (Å²) in [5, 5.41) is 0. The van der Waals surface area contributed by atoms with Crippen molar-refractivity contribution in [3.8, 4) is 0 Å². The van der Waals surface area contributed by atoms with Gasteiger partial charge in [-0.15, -0.1) is 0 Å². The molecule has 0 amide bonds. The first kappa shape index (κ1) is 16.5. The third kappa shape index (κ3) is 4.85. The summed E-state index contributed by atoms with van der Waals surface area (Å²) in [5.74, 6) is 0.229. The lowest BCUT2D eigenvalue weighted by Crippen LogP contribution is -2.32. The summed E-state index contributed by atoms with van der Waals surface area (Å²) in [5.41, 5.74) is 6.53. The van der Waals surface area contributed by atoms with Crippen molar-refractivity contribution in [1.82, 2.24) is 0 Å². The number of nitrogens with two attached hydrogens (primary N) is 1. The van der Waals surface area contributed by atoms with Gasteiger partial charge in [-0.2, -0.15) is 0 Å². The van der Waals surface area contributed by atoms with Crippen molar-refractivity contribution in [3.05, 3.63) is 29.8 Å². The fraction of sp³-hybridized carbons (Fsp3) is 0.562. The average molecular weight is 279 g/mol. The van der Waals surface area contributed by atoms with Gasteiger partial charge in [0.15, 0.2) is 0 Å². The standard InChI is InChI=1S/C16H25NO3/c1-12(2)11-19-9-10-20-15(18)16(3,4)13-5-7-14(17)8-6-13/h5-8,12H,9-11,17H2,1-4H3. The Morgan fingerprint density at radius 2 is 1.80 bits per heavy atom. The Kier molecular flexibility index (Phi) is 6.02. The predicted octanol–water partition coefficient (Wildman–Crippen LogP) is 2.76. The Morgan fingerprint density at radius 3 is 2.35 bits per heavy atom. The summed E-state index contributed by atoms with van der Waals surface area (Å²) in [6.07, 6.45) is 0. The van der Waals surface area contributed by atoms with Crippen LogP contribution in [0.5, 0.6) is 0 Å². The molecule has 1 aromatic carbocycles. The molecule has 0 atom stereocenters. The maximum Gasteiger partial charge on any atom is 0.316 e. The number of benzene rings is 1. The van der Waals surface area contributed by atoms with Crippen molar-refractivity contribution in [1.29, 1.82) is 0 Å². The zero-order valence-electron chi connectivity index (χ0n) is 12.8. The van der Waals surface area contributed by atoms with Gasteiger partial charge in [-0.25, -0.2) is 0 Å². The molecule has 0 saturated carbocycles. The second-order valence-electron chi connectivity index (χ2n) is 5.85. The van der Waals surface area contributed by atoms with Gasteiger partial charge in [-0.3, -0.25) is 4.79 Å². The van der Waals surface area contributed by atoms with E-state index in [0.29, 0.717) is 24.8 Å². The number of carbonyl (C=O) groups is 1. The van der Waals surface area contributed by atoms with Crippen LogP contribution in [0.4, 0.5) is 5.69 Å². The van der Waals surface area contributed by atoms with E-state index in [1.54, 1.807) is 12.1 Å². The van der Waals surface area contributed by atoms with Gasteiger partial charge >= 0.3 is 5.97 Å². The van der Waals surface area contributed by atoms with Gasteiger partial charge in [-0.1, -0.05) is 26.0 Å². The fourth-order valence-electron chi connectivity index (χ4n) is 1.71. The third-order valence-electron chi connectivity index (χ3n) is 3.05. The molecule has 0 spiro atoms. The zero-order chi connectivity index (χ0) is 15.2. The Hall–Kier alpha value is -1.55. The molecule has 0 aromatic heterocycles. The van der Waals surface area contributed by atoms with E-state index in [2.05, 4.69) is 13.8 Å². The van der Waals surface area contributed by atoms with Crippen molar-refractivity contribution >= 4 is 11.7 Å². The van der Waals surface area contributed by atoms with E-state index in [-0.39, 0.29) is 12.6 Å². The van der Waals surface area contributed by atoms with Gasteiger partial charge < -0.3 is 15.2 Å². The van der Waals surface area contributed by atoms with Crippen molar-refractivity contribution in [2.75, 3.05) is 25.6 Å². The summed E-state index contributed by atoms with van der Waals surface area (Å²) >= 11 is 0. The fourth-order valence-corrected chi connectivity index (χ4v) is 1.71. The molecule has 0 radical (unpaired) electrons. The third-order valence-corrected chi connectivity index (χ3v) is 3.05. The molecular formula is C16H25NO3. The van der Waals surface area contributed by atoms with Gasteiger partial charge in [0, 0.05) is 12.3 Å². The van der Waals surface area contributed by atoms with Crippen molar-refractivity contribution in [3.63, 3.8) is 0 Å². The summed E-state index contributed by atoms with van der Waals surface area (Å²) in [6, 6.07) is 7.28. The minimum absolute atomic E-state index is 0.254. The van der Waals surface area contributed by atoms with Crippen LogP contribution >= 0.6 is 0 Å². The Labute approximate surface area is 121 Å². The van der Waals surface area contributed by atoms with Gasteiger partial charge in [0.2, 0.25) is 0 Å². The average Bonchev–Trinajstić information content (AvgIpc) is 2.38. The molecule has 0 fully saturated rings. The number of anilines is 1. The first-order chi connectivity index (χ1) is 9.34. The van der Waals surface area contributed by atoms with Crippen molar-refractivity contribution in [2.45, 2.75) is 33.1 Å². The monoisotopic (exact) mass is 279 g/mol. The number of rotatable bonds is 7. The van der Waals surface area contributed by atoms with E-state index in [9.17, 15) is 4.79 Å². The van der Waals surface area contributed by atoms with E-state index < -0.39 is 5.41 Å². The number of esters is 1. The highest BCUT2D eigenvalue weighted by molar-refractivity contribution is 5.82. The Bertz CT molecular complexity index is 424. The number of ether oxygens (including phenoxy) is 2. The number of hydrogen-bond acceptors (Lipinski definition) is 4. The normalized spacial score (nSPS) is 11.7. The molecule has 112 valence electrons. The van der Waals surface area contributed by atoms with Gasteiger partial charge in [0.25, 0.3) is 0 Å². The van der Waals surface area contributed by atoms with E-state index in [1.165, 1.54) is 0 Å². The molecule has 0 aliphatic carbocycles.